The summed E-state index contributed by atoms with van der Waals surface area (Å²) < 4.78 is 11.3. The van der Waals surface area contributed by atoms with Gasteiger partial charge in [-0.2, -0.15) is 0 Å². The quantitative estimate of drug-likeness (QED) is 0.563. The first-order valence-corrected chi connectivity index (χ1v) is 10.5. The molecule has 0 saturated heterocycles. The summed E-state index contributed by atoms with van der Waals surface area (Å²) in [6.07, 6.45) is 0. The molecule has 1 aliphatic rings. The number of rotatable bonds is 6. The molecular weight excluding hydrogens is 422 g/mol. The molecule has 8 nitrogen and oxygen atoms in total. The van der Waals surface area contributed by atoms with E-state index in [4.69, 9.17) is 14.6 Å². The number of nitrogens with one attached hydrogen (secondary N) is 2. The third-order valence-electron chi connectivity index (χ3n) is 5.99. The highest BCUT2D eigenvalue weighted by Gasteiger charge is 2.44. The Morgan fingerprint density at radius 2 is 1.97 bits per heavy atom. The van der Waals surface area contributed by atoms with Crippen LogP contribution in [-0.2, 0) is 21.5 Å². The first kappa shape index (κ1) is 22.3. The SMILES string of the molecule is COc1ccc2c(c1)C(=O)N(CC(C)(C(=O)NC(=O)C(C)=N)c1cc3cc(C)ccc3o1)C2. The molecule has 2 N–H and O–H groups in total. The number of fused-ring (bicyclic) bond motifs is 2. The predicted molar refractivity (Wildman–Crippen MR) is 123 cm³/mol. The van der Waals surface area contributed by atoms with Crippen molar-refractivity contribution in [3.05, 3.63) is 64.9 Å². The summed E-state index contributed by atoms with van der Waals surface area (Å²) in [7, 11) is 1.53. The van der Waals surface area contributed by atoms with Crippen LogP contribution in [0.2, 0.25) is 0 Å². The number of nitrogens with zero attached hydrogens (tertiary/aromatic N) is 1. The molecule has 0 aliphatic carbocycles. The third kappa shape index (κ3) is 4.00. The summed E-state index contributed by atoms with van der Waals surface area (Å²) in [4.78, 5) is 40.2. The first-order chi connectivity index (χ1) is 15.6. The maximum absolute atomic E-state index is 13.3. The number of benzene rings is 2. The fourth-order valence-corrected chi connectivity index (χ4v) is 4.01. The Kier molecular flexibility index (Phi) is 5.53. The lowest BCUT2D eigenvalue weighted by Crippen LogP contribution is -2.52. The van der Waals surface area contributed by atoms with E-state index in [0.717, 1.165) is 16.5 Å². The number of amides is 3. The molecule has 2 aromatic carbocycles. The molecule has 0 saturated carbocycles. The summed E-state index contributed by atoms with van der Waals surface area (Å²) >= 11 is 0. The molecule has 1 aliphatic heterocycles. The van der Waals surface area contributed by atoms with E-state index in [1.807, 2.05) is 31.2 Å². The summed E-state index contributed by atoms with van der Waals surface area (Å²) in [5, 5.41) is 10.6. The summed E-state index contributed by atoms with van der Waals surface area (Å²) in [6.45, 7) is 5.20. The average Bonchev–Trinajstić information content (AvgIpc) is 3.34. The van der Waals surface area contributed by atoms with Gasteiger partial charge in [0.15, 0.2) is 0 Å². The zero-order valence-corrected chi connectivity index (χ0v) is 18.9. The van der Waals surface area contributed by atoms with Gasteiger partial charge in [0.2, 0.25) is 5.91 Å². The predicted octanol–water partition coefficient (Wildman–Crippen LogP) is 3.35. The van der Waals surface area contributed by atoms with Crippen molar-refractivity contribution in [2.45, 2.75) is 32.7 Å². The molecule has 0 bridgehead atoms. The van der Waals surface area contributed by atoms with Crippen molar-refractivity contribution in [1.82, 2.24) is 10.2 Å². The Hall–Kier alpha value is -3.94. The van der Waals surface area contributed by atoms with Gasteiger partial charge in [0.05, 0.1) is 12.8 Å². The van der Waals surface area contributed by atoms with Gasteiger partial charge in [-0.15, -0.1) is 0 Å². The number of aryl methyl sites for hydroxylation is 1. The monoisotopic (exact) mass is 447 g/mol. The molecule has 3 amide bonds. The van der Waals surface area contributed by atoms with Crippen molar-refractivity contribution < 1.29 is 23.5 Å². The summed E-state index contributed by atoms with van der Waals surface area (Å²) in [5.74, 6) is -0.763. The normalized spacial score (nSPS) is 14.7. The third-order valence-corrected chi connectivity index (χ3v) is 5.99. The minimum absolute atomic E-state index is 0.0161. The Labute approximate surface area is 191 Å². The number of ether oxygens (including phenoxy) is 1. The molecule has 4 rings (SSSR count). The minimum Gasteiger partial charge on any atom is -0.497 e. The largest absolute Gasteiger partial charge is 0.497 e. The lowest BCUT2D eigenvalue weighted by molar-refractivity contribution is -0.132. The molecule has 1 aromatic heterocycles. The molecule has 33 heavy (non-hydrogen) atoms. The molecule has 0 spiro atoms. The van der Waals surface area contributed by atoms with E-state index in [1.54, 1.807) is 30.0 Å². The minimum atomic E-state index is -1.38. The molecule has 2 heterocycles. The fraction of sp³-hybridized carbons (Fsp3) is 0.280. The highest BCUT2D eigenvalue weighted by Crippen LogP contribution is 2.35. The molecule has 170 valence electrons. The zero-order chi connectivity index (χ0) is 23.9. The molecule has 8 heteroatoms. The Morgan fingerprint density at radius 3 is 2.67 bits per heavy atom. The van der Waals surface area contributed by atoms with E-state index in [1.165, 1.54) is 14.0 Å². The van der Waals surface area contributed by atoms with Crippen LogP contribution in [0.1, 0.15) is 41.1 Å². The van der Waals surface area contributed by atoms with Crippen LogP contribution in [0.4, 0.5) is 0 Å². The number of imide groups is 1. The van der Waals surface area contributed by atoms with Crippen LogP contribution in [0.15, 0.2) is 46.9 Å². The number of methoxy groups -OCH3 is 1. The molecular formula is C25H25N3O5. The van der Waals surface area contributed by atoms with Gasteiger partial charge in [0.1, 0.15) is 22.5 Å². The highest BCUT2D eigenvalue weighted by molar-refractivity contribution is 6.39. The van der Waals surface area contributed by atoms with Gasteiger partial charge in [-0.05, 0) is 56.7 Å². The maximum Gasteiger partial charge on any atom is 0.271 e. The van der Waals surface area contributed by atoms with E-state index in [9.17, 15) is 14.4 Å². The molecule has 1 unspecified atom stereocenters. The van der Waals surface area contributed by atoms with Crippen LogP contribution < -0.4 is 10.1 Å². The topological polar surface area (TPSA) is 113 Å². The smallest absolute Gasteiger partial charge is 0.271 e. The maximum atomic E-state index is 13.3. The van der Waals surface area contributed by atoms with E-state index >= 15 is 0 Å². The Morgan fingerprint density at radius 1 is 1.21 bits per heavy atom. The Balaban J connectivity index is 1.72. The van der Waals surface area contributed by atoms with Gasteiger partial charge >= 0.3 is 0 Å². The summed E-state index contributed by atoms with van der Waals surface area (Å²) in [5.41, 5.74) is 1.32. The second kappa shape index (κ2) is 8.20. The molecule has 3 aromatic rings. The van der Waals surface area contributed by atoms with Crippen molar-refractivity contribution in [1.29, 1.82) is 5.41 Å². The van der Waals surface area contributed by atoms with Crippen molar-refractivity contribution in [2.24, 2.45) is 0 Å². The fourth-order valence-electron chi connectivity index (χ4n) is 4.01. The first-order valence-electron chi connectivity index (χ1n) is 10.5. The van der Waals surface area contributed by atoms with Gasteiger partial charge in [-0.3, -0.25) is 25.1 Å². The molecule has 0 radical (unpaired) electrons. The summed E-state index contributed by atoms with van der Waals surface area (Å²) in [6, 6.07) is 12.7. The standard InChI is InChI=1S/C25H25N3O5/c1-14-5-8-20-17(9-14)10-21(33-20)25(3,24(31)27-22(29)15(2)26)13-28-12-16-6-7-18(32-4)11-19(16)23(28)30/h5-11,26H,12-13H2,1-4H3,(H,27,29,31). The second-order valence-corrected chi connectivity index (χ2v) is 8.58. The second-order valence-electron chi connectivity index (χ2n) is 8.58. The van der Waals surface area contributed by atoms with Crippen LogP contribution in [0.25, 0.3) is 11.0 Å². The average molecular weight is 447 g/mol. The van der Waals surface area contributed by atoms with Crippen molar-refractivity contribution in [3.63, 3.8) is 0 Å². The highest BCUT2D eigenvalue weighted by atomic mass is 16.5. The number of hydrogen-bond acceptors (Lipinski definition) is 6. The van der Waals surface area contributed by atoms with Gasteiger partial charge in [-0.1, -0.05) is 17.7 Å². The number of furan rings is 1. The lowest BCUT2D eigenvalue weighted by Gasteiger charge is -2.30. The zero-order valence-electron chi connectivity index (χ0n) is 18.9. The van der Waals surface area contributed by atoms with Gasteiger partial charge in [0.25, 0.3) is 11.8 Å². The van der Waals surface area contributed by atoms with Gasteiger partial charge < -0.3 is 14.1 Å². The van der Waals surface area contributed by atoms with E-state index in [0.29, 0.717) is 29.2 Å². The van der Waals surface area contributed by atoms with Crippen LogP contribution >= 0.6 is 0 Å². The molecule has 0 fully saturated rings. The molecule has 1 atom stereocenters. The lowest BCUT2D eigenvalue weighted by atomic mass is 9.85. The van der Waals surface area contributed by atoms with Crippen LogP contribution in [0.3, 0.4) is 0 Å². The number of hydrogen-bond donors (Lipinski definition) is 2. The van der Waals surface area contributed by atoms with E-state index in [2.05, 4.69) is 5.32 Å². The van der Waals surface area contributed by atoms with E-state index in [-0.39, 0.29) is 18.2 Å². The van der Waals surface area contributed by atoms with Crippen LogP contribution in [-0.4, -0.2) is 42.0 Å². The Bertz CT molecular complexity index is 1310. The number of carbonyl (C=O) groups is 3. The van der Waals surface area contributed by atoms with Crippen LogP contribution in [0.5, 0.6) is 5.75 Å². The van der Waals surface area contributed by atoms with Crippen LogP contribution in [0, 0.1) is 12.3 Å². The van der Waals surface area contributed by atoms with Crippen molar-refractivity contribution in [2.75, 3.05) is 13.7 Å². The van der Waals surface area contributed by atoms with Gasteiger partial charge in [0, 0.05) is 24.0 Å². The van der Waals surface area contributed by atoms with Crippen molar-refractivity contribution >= 4 is 34.4 Å². The van der Waals surface area contributed by atoms with Crippen molar-refractivity contribution in [3.8, 4) is 5.75 Å². The van der Waals surface area contributed by atoms with Gasteiger partial charge in [-0.25, -0.2) is 0 Å². The number of carbonyl (C=O) groups excluding carboxylic acids is 3. The van der Waals surface area contributed by atoms with E-state index < -0.39 is 17.2 Å².